The minimum atomic E-state index is -1.25. The highest BCUT2D eigenvalue weighted by molar-refractivity contribution is 5.92. The molecular formula is C23H37N3O5. The topological polar surface area (TPSA) is 108 Å². The second kappa shape index (κ2) is 10.1. The molecular weight excluding hydrogens is 398 g/mol. The Morgan fingerprint density at radius 1 is 1.10 bits per heavy atom. The van der Waals surface area contributed by atoms with Crippen molar-refractivity contribution in [3.63, 3.8) is 0 Å². The van der Waals surface area contributed by atoms with Crippen LogP contribution in [0.3, 0.4) is 0 Å². The van der Waals surface area contributed by atoms with Gasteiger partial charge in [0.2, 0.25) is 11.8 Å². The summed E-state index contributed by atoms with van der Waals surface area (Å²) >= 11 is 0. The van der Waals surface area contributed by atoms with Crippen LogP contribution in [0, 0.1) is 13.8 Å². The highest BCUT2D eigenvalue weighted by Gasteiger charge is 2.35. The van der Waals surface area contributed by atoms with Gasteiger partial charge in [-0.3, -0.25) is 9.59 Å². The number of likely N-dealkylation sites (N-methyl/N-ethyl adjacent to an activating group) is 1. The third-order valence-corrected chi connectivity index (χ3v) is 4.37. The van der Waals surface area contributed by atoms with Crippen LogP contribution >= 0.6 is 0 Å². The molecule has 0 fully saturated rings. The van der Waals surface area contributed by atoms with Crippen molar-refractivity contribution in [3.05, 3.63) is 34.9 Å². The maximum absolute atomic E-state index is 13.2. The Kier molecular flexibility index (Phi) is 8.64. The van der Waals surface area contributed by atoms with E-state index in [-0.39, 0.29) is 5.91 Å². The van der Waals surface area contributed by atoms with Crippen molar-refractivity contribution in [3.8, 4) is 0 Å². The average Bonchev–Trinajstić information content (AvgIpc) is 2.57. The summed E-state index contributed by atoms with van der Waals surface area (Å²) in [6, 6.07) is 3.43. The molecule has 0 radical (unpaired) electrons. The number of alkyl carbamates (subject to hydrolysis) is 1. The van der Waals surface area contributed by atoms with E-state index < -0.39 is 41.8 Å². The number of amides is 3. The standard InChI is InChI=1S/C23H37N3O5/c1-14-10-11-16(15(2)12-14)18(19(28)25-22(3,4)5)26(9)20(29)17(13-27)24-21(30)31-23(6,7)8/h10-12,17-18,27H,13H2,1-9H3,(H,24,30)(H,25,28). The quantitative estimate of drug-likeness (QED) is 0.637. The Balaban J connectivity index is 3.25. The van der Waals surface area contributed by atoms with Gasteiger partial charge in [0.05, 0.1) is 6.61 Å². The number of nitrogens with zero attached hydrogens (tertiary/aromatic N) is 1. The summed E-state index contributed by atoms with van der Waals surface area (Å²) in [6.07, 6.45) is -0.824. The van der Waals surface area contributed by atoms with Crippen molar-refractivity contribution >= 4 is 17.9 Å². The number of aliphatic hydroxyl groups excluding tert-OH is 1. The maximum atomic E-state index is 13.2. The molecule has 3 N–H and O–H groups in total. The predicted octanol–water partition coefficient (Wildman–Crippen LogP) is 2.60. The zero-order valence-electron chi connectivity index (χ0n) is 20.1. The number of hydrogen-bond acceptors (Lipinski definition) is 5. The van der Waals surface area contributed by atoms with E-state index in [1.165, 1.54) is 11.9 Å². The Bertz CT molecular complexity index is 808. The highest BCUT2D eigenvalue weighted by Crippen LogP contribution is 2.26. The normalized spacial score (nSPS) is 13.7. The number of hydrogen-bond donors (Lipinski definition) is 3. The van der Waals surface area contributed by atoms with E-state index in [1.54, 1.807) is 20.8 Å². The summed E-state index contributed by atoms with van der Waals surface area (Å²) in [4.78, 5) is 39.7. The third kappa shape index (κ3) is 8.20. The molecule has 8 heteroatoms. The molecule has 31 heavy (non-hydrogen) atoms. The van der Waals surface area contributed by atoms with Crippen molar-refractivity contribution in [2.24, 2.45) is 0 Å². The second-order valence-electron chi connectivity index (χ2n) is 9.83. The van der Waals surface area contributed by atoms with E-state index >= 15 is 0 Å². The summed E-state index contributed by atoms with van der Waals surface area (Å²) < 4.78 is 5.18. The summed E-state index contributed by atoms with van der Waals surface area (Å²) in [5.41, 5.74) is 1.28. The molecule has 2 unspecified atom stereocenters. The van der Waals surface area contributed by atoms with E-state index in [0.717, 1.165) is 11.1 Å². The summed E-state index contributed by atoms with van der Waals surface area (Å²) in [5.74, 6) is -0.966. The molecule has 0 aliphatic heterocycles. The number of aryl methyl sites for hydroxylation is 2. The molecule has 0 spiro atoms. The number of benzene rings is 1. The van der Waals surface area contributed by atoms with Crippen LogP contribution in [0.15, 0.2) is 18.2 Å². The summed E-state index contributed by atoms with van der Waals surface area (Å²) in [7, 11) is 1.48. The van der Waals surface area contributed by atoms with Crippen LogP contribution in [0.2, 0.25) is 0 Å². The zero-order chi connectivity index (χ0) is 24.1. The van der Waals surface area contributed by atoms with Gasteiger partial charge in [-0.1, -0.05) is 23.8 Å². The van der Waals surface area contributed by atoms with Crippen molar-refractivity contribution in [2.45, 2.75) is 78.6 Å². The van der Waals surface area contributed by atoms with Gasteiger partial charge in [0.15, 0.2) is 0 Å². The highest BCUT2D eigenvalue weighted by atomic mass is 16.6. The first-order chi connectivity index (χ1) is 14.1. The predicted molar refractivity (Wildman–Crippen MR) is 120 cm³/mol. The number of carbonyl (C=O) groups is 3. The molecule has 2 atom stereocenters. The van der Waals surface area contributed by atoms with Crippen molar-refractivity contribution in [1.82, 2.24) is 15.5 Å². The van der Waals surface area contributed by atoms with Crippen molar-refractivity contribution in [2.75, 3.05) is 13.7 Å². The number of ether oxygens (including phenoxy) is 1. The summed E-state index contributed by atoms with van der Waals surface area (Å²) in [5, 5.41) is 15.0. The van der Waals surface area contributed by atoms with E-state index in [9.17, 15) is 19.5 Å². The minimum absolute atomic E-state index is 0.357. The number of rotatable bonds is 6. The molecule has 1 aromatic carbocycles. The van der Waals surface area contributed by atoms with Gasteiger partial charge in [0.25, 0.3) is 0 Å². The molecule has 3 amide bonds. The number of carbonyl (C=O) groups excluding carboxylic acids is 3. The lowest BCUT2D eigenvalue weighted by Crippen LogP contribution is -2.54. The Morgan fingerprint density at radius 2 is 1.68 bits per heavy atom. The van der Waals surface area contributed by atoms with Gasteiger partial charge in [-0.25, -0.2) is 4.79 Å². The fraction of sp³-hybridized carbons (Fsp3) is 0.609. The van der Waals surface area contributed by atoms with Crippen LogP contribution in [0.1, 0.15) is 64.3 Å². The lowest BCUT2D eigenvalue weighted by molar-refractivity contribution is -0.142. The lowest BCUT2D eigenvalue weighted by Gasteiger charge is -2.33. The fourth-order valence-electron chi connectivity index (χ4n) is 3.10. The van der Waals surface area contributed by atoms with Crippen LogP contribution in [0.4, 0.5) is 4.79 Å². The lowest BCUT2D eigenvalue weighted by atomic mass is 9.96. The van der Waals surface area contributed by atoms with E-state index in [0.29, 0.717) is 5.56 Å². The number of aliphatic hydroxyl groups is 1. The molecule has 1 aromatic rings. The Labute approximate surface area is 185 Å². The van der Waals surface area contributed by atoms with Gasteiger partial charge >= 0.3 is 6.09 Å². The molecule has 0 saturated heterocycles. The largest absolute Gasteiger partial charge is 0.444 e. The Morgan fingerprint density at radius 3 is 2.13 bits per heavy atom. The van der Waals surface area contributed by atoms with E-state index in [2.05, 4.69) is 10.6 Å². The molecule has 0 saturated carbocycles. The SMILES string of the molecule is Cc1ccc(C(C(=O)NC(C)(C)C)N(C)C(=O)C(CO)NC(=O)OC(C)(C)C)c(C)c1. The van der Waals surface area contributed by atoms with Crippen molar-refractivity contribution < 1.29 is 24.2 Å². The number of nitrogens with one attached hydrogen (secondary N) is 2. The van der Waals surface area contributed by atoms with Gasteiger partial charge in [0.1, 0.15) is 17.7 Å². The van der Waals surface area contributed by atoms with Crippen molar-refractivity contribution in [1.29, 1.82) is 0 Å². The molecule has 8 nitrogen and oxygen atoms in total. The van der Waals surface area contributed by atoms with E-state index in [4.69, 9.17) is 4.74 Å². The first kappa shape index (κ1) is 26.4. The molecule has 0 aromatic heterocycles. The molecule has 0 heterocycles. The fourth-order valence-corrected chi connectivity index (χ4v) is 3.10. The van der Waals surface area contributed by atoms with Crippen LogP contribution in [0.25, 0.3) is 0 Å². The van der Waals surface area contributed by atoms with Crippen LogP contribution in [0.5, 0.6) is 0 Å². The third-order valence-electron chi connectivity index (χ3n) is 4.37. The zero-order valence-corrected chi connectivity index (χ0v) is 20.1. The molecule has 1 rings (SSSR count). The molecule has 0 aliphatic carbocycles. The first-order valence-electron chi connectivity index (χ1n) is 10.3. The smallest absolute Gasteiger partial charge is 0.408 e. The van der Waals surface area contributed by atoms with Gasteiger partial charge < -0.3 is 25.4 Å². The van der Waals surface area contributed by atoms with Gasteiger partial charge in [-0.05, 0) is 66.5 Å². The van der Waals surface area contributed by atoms with Crippen LogP contribution < -0.4 is 10.6 Å². The second-order valence-corrected chi connectivity index (χ2v) is 9.83. The van der Waals surface area contributed by atoms with Crippen LogP contribution in [-0.2, 0) is 14.3 Å². The van der Waals surface area contributed by atoms with Gasteiger partial charge in [0, 0.05) is 12.6 Å². The van der Waals surface area contributed by atoms with Crippen LogP contribution in [-0.4, -0.2) is 58.8 Å². The van der Waals surface area contributed by atoms with Gasteiger partial charge in [-0.15, -0.1) is 0 Å². The van der Waals surface area contributed by atoms with Gasteiger partial charge in [-0.2, -0.15) is 0 Å². The monoisotopic (exact) mass is 435 g/mol. The summed E-state index contributed by atoms with van der Waals surface area (Å²) in [6.45, 7) is 13.8. The first-order valence-corrected chi connectivity index (χ1v) is 10.3. The molecule has 174 valence electrons. The minimum Gasteiger partial charge on any atom is -0.444 e. The van der Waals surface area contributed by atoms with E-state index in [1.807, 2.05) is 52.8 Å². The maximum Gasteiger partial charge on any atom is 0.408 e. The molecule has 0 aliphatic rings. The molecule has 0 bridgehead atoms. The Hall–Kier alpha value is -2.61. The average molecular weight is 436 g/mol.